The molecule has 0 aromatic heterocycles. The van der Waals surface area contributed by atoms with E-state index in [0.29, 0.717) is 19.2 Å². The van der Waals surface area contributed by atoms with Gasteiger partial charge in [-0.15, -0.1) is 0 Å². The van der Waals surface area contributed by atoms with Crippen molar-refractivity contribution in [1.29, 1.82) is 0 Å². The number of likely N-dealkylation sites (tertiary alicyclic amines) is 1. The molecule has 1 saturated heterocycles. The zero-order valence-corrected chi connectivity index (χ0v) is 11.5. The van der Waals surface area contributed by atoms with Gasteiger partial charge in [0.15, 0.2) is 0 Å². The Balaban J connectivity index is 2.20. The Kier molecular flexibility index (Phi) is 4.22. The topological polar surface area (TPSA) is 46.3 Å². The minimum absolute atomic E-state index is 0.00113. The SMILES string of the molecule is C[C@@H]1CN(Cc2ccc(F)cc2C(F)(F)F)C[C@H]1C(N)=O. The summed E-state index contributed by atoms with van der Waals surface area (Å²) in [5.74, 6) is -1.73. The molecule has 0 saturated carbocycles. The van der Waals surface area contributed by atoms with E-state index in [1.807, 2.05) is 6.92 Å². The minimum atomic E-state index is -4.61. The van der Waals surface area contributed by atoms with E-state index < -0.39 is 23.5 Å². The van der Waals surface area contributed by atoms with Crippen LogP contribution in [0.1, 0.15) is 18.1 Å². The van der Waals surface area contributed by atoms with Gasteiger partial charge in [-0.05, 0) is 23.6 Å². The normalized spacial score (nSPS) is 23.5. The molecule has 1 heterocycles. The van der Waals surface area contributed by atoms with Crippen molar-refractivity contribution in [3.05, 3.63) is 35.1 Å². The van der Waals surface area contributed by atoms with Gasteiger partial charge < -0.3 is 5.73 Å². The molecule has 0 aliphatic carbocycles. The van der Waals surface area contributed by atoms with E-state index in [1.54, 1.807) is 4.90 Å². The molecule has 21 heavy (non-hydrogen) atoms. The summed E-state index contributed by atoms with van der Waals surface area (Å²) in [7, 11) is 0. The first-order valence-electron chi connectivity index (χ1n) is 6.55. The molecule has 116 valence electrons. The lowest BCUT2D eigenvalue weighted by Crippen LogP contribution is -2.29. The molecule has 1 fully saturated rings. The second kappa shape index (κ2) is 5.63. The fourth-order valence-corrected chi connectivity index (χ4v) is 2.76. The maximum Gasteiger partial charge on any atom is 0.416 e. The average molecular weight is 304 g/mol. The van der Waals surface area contributed by atoms with Crippen LogP contribution < -0.4 is 5.73 Å². The van der Waals surface area contributed by atoms with Crippen molar-refractivity contribution in [3.63, 3.8) is 0 Å². The first-order chi connectivity index (χ1) is 9.68. The van der Waals surface area contributed by atoms with Gasteiger partial charge in [-0.2, -0.15) is 13.2 Å². The van der Waals surface area contributed by atoms with Gasteiger partial charge in [0, 0.05) is 19.6 Å². The molecule has 7 heteroatoms. The molecule has 1 aliphatic heterocycles. The Hall–Kier alpha value is -1.63. The standard InChI is InChI=1S/C14H16F4N2O/c1-8-5-20(7-11(8)13(19)21)6-9-2-3-10(15)4-12(9)14(16,17)18/h2-4,8,11H,5-7H2,1H3,(H2,19,21)/t8-,11-/m1/s1. The number of hydrogen-bond donors (Lipinski definition) is 1. The lowest BCUT2D eigenvalue weighted by atomic mass is 9.98. The van der Waals surface area contributed by atoms with Crippen LogP contribution in [-0.2, 0) is 17.5 Å². The van der Waals surface area contributed by atoms with Gasteiger partial charge in [0.2, 0.25) is 5.91 Å². The van der Waals surface area contributed by atoms with Gasteiger partial charge in [-0.25, -0.2) is 4.39 Å². The molecular formula is C14H16F4N2O. The van der Waals surface area contributed by atoms with Gasteiger partial charge in [-0.1, -0.05) is 13.0 Å². The summed E-state index contributed by atoms with van der Waals surface area (Å²) in [5.41, 5.74) is 4.29. The molecule has 1 aliphatic rings. The molecular weight excluding hydrogens is 288 g/mol. The molecule has 3 nitrogen and oxygen atoms in total. The Morgan fingerprint density at radius 3 is 2.57 bits per heavy atom. The van der Waals surface area contributed by atoms with E-state index in [2.05, 4.69) is 0 Å². The summed E-state index contributed by atoms with van der Waals surface area (Å²) in [6.07, 6.45) is -4.61. The van der Waals surface area contributed by atoms with E-state index in [1.165, 1.54) is 0 Å². The fraction of sp³-hybridized carbons (Fsp3) is 0.500. The Bertz CT molecular complexity index is 544. The van der Waals surface area contributed by atoms with E-state index in [4.69, 9.17) is 5.73 Å². The summed E-state index contributed by atoms with van der Waals surface area (Å²) < 4.78 is 51.8. The first kappa shape index (κ1) is 15.8. The second-order valence-electron chi connectivity index (χ2n) is 5.48. The van der Waals surface area contributed by atoms with Crippen molar-refractivity contribution in [2.24, 2.45) is 17.6 Å². The second-order valence-corrected chi connectivity index (χ2v) is 5.48. The predicted octanol–water partition coefficient (Wildman–Crippen LogP) is 2.40. The number of rotatable bonds is 3. The van der Waals surface area contributed by atoms with Crippen LogP contribution in [0.5, 0.6) is 0 Å². The molecule has 2 rings (SSSR count). The van der Waals surface area contributed by atoms with Crippen LogP contribution in [0, 0.1) is 17.7 Å². The van der Waals surface area contributed by atoms with Crippen LogP contribution in [-0.4, -0.2) is 23.9 Å². The summed E-state index contributed by atoms with van der Waals surface area (Å²) in [6, 6.07) is 2.65. The van der Waals surface area contributed by atoms with Crippen molar-refractivity contribution in [2.75, 3.05) is 13.1 Å². The van der Waals surface area contributed by atoms with E-state index >= 15 is 0 Å². The number of carbonyl (C=O) groups excluding carboxylic acids is 1. The number of nitrogens with two attached hydrogens (primary N) is 1. The Morgan fingerprint density at radius 2 is 2.05 bits per heavy atom. The van der Waals surface area contributed by atoms with Gasteiger partial charge in [-0.3, -0.25) is 9.69 Å². The number of hydrogen-bond acceptors (Lipinski definition) is 2. The third-order valence-corrected chi connectivity index (χ3v) is 3.82. The molecule has 1 aromatic carbocycles. The number of amides is 1. The van der Waals surface area contributed by atoms with Gasteiger partial charge in [0.25, 0.3) is 0 Å². The number of benzene rings is 1. The highest BCUT2D eigenvalue weighted by atomic mass is 19.4. The van der Waals surface area contributed by atoms with Crippen LogP contribution in [0.3, 0.4) is 0 Å². The minimum Gasteiger partial charge on any atom is -0.369 e. The summed E-state index contributed by atoms with van der Waals surface area (Å²) in [5, 5.41) is 0. The maximum absolute atomic E-state index is 13.0. The van der Waals surface area contributed by atoms with E-state index in [9.17, 15) is 22.4 Å². The zero-order chi connectivity index (χ0) is 15.8. The highest BCUT2D eigenvalue weighted by molar-refractivity contribution is 5.77. The Morgan fingerprint density at radius 1 is 1.38 bits per heavy atom. The zero-order valence-electron chi connectivity index (χ0n) is 11.5. The average Bonchev–Trinajstić information content (AvgIpc) is 2.71. The molecule has 0 radical (unpaired) electrons. The van der Waals surface area contributed by atoms with Gasteiger partial charge in [0.1, 0.15) is 5.82 Å². The Labute approximate surface area is 119 Å². The van der Waals surface area contributed by atoms with Crippen LogP contribution in [0.2, 0.25) is 0 Å². The van der Waals surface area contributed by atoms with Crippen LogP contribution >= 0.6 is 0 Å². The number of alkyl halides is 3. The lowest BCUT2D eigenvalue weighted by molar-refractivity contribution is -0.138. The number of carbonyl (C=O) groups is 1. The number of halogens is 4. The molecule has 1 amide bonds. The van der Waals surface area contributed by atoms with Crippen molar-refractivity contribution in [3.8, 4) is 0 Å². The molecule has 2 atom stereocenters. The highest BCUT2D eigenvalue weighted by Crippen LogP contribution is 2.34. The maximum atomic E-state index is 13.0. The van der Waals surface area contributed by atoms with Crippen molar-refractivity contribution in [2.45, 2.75) is 19.6 Å². The molecule has 1 aromatic rings. The molecule has 0 unspecified atom stereocenters. The van der Waals surface area contributed by atoms with Crippen molar-refractivity contribution < 1.29 is 22.4 Å². The quantitative estimate of drug-likeness (QED) is 0.872. The molecule has 2 N–H and O–H groups in total. The van der Waals surface area contributed by atoms with Gasteiger partial charge in [0.05, 0.1) is 11.5 Å². The summed E-state index contributed by atoms with van der Waals surface area (Å²) >= 11 is 0. The van der Waals surface area contributed by atoms with Crippen LogP contribution in [0.4, 0.5) is 17.6 Å². The smallest absolute Gasteiger partial charge is 0.369 e. The predicted molar refractivity (Wildman–Crippen MR) is 68.5 cm³/mol. The monoisotopic (exact) mass is 304 g/mol. The molecule has 0 spiro atoms. The third-order valence-electron chi connectivity index (χ3n) is 3.82. The van der Waals surface area contributed by atoms with Crippen molar-refractivity contribution in [1.82, 2.24) is 4.90 Å². The lowest BCUT2D eigenvalue weighted by Gasteiger charge is -2.19. The fourth-order valence-electron chi connectivity index (χ4n) is 2.76. The first-order valence-corrected chi connectivity index (χ1v) is 6.55. The largest absolute Gasteiger partial charge is 0.416 e. The molecule has 0 bridgehead atoms. The van der Waals surface area contributed by atoms with E-state index in [-0.39, 0.29) is 23.9 Å². The summed E-state index contributed by atoms with van der Waals surface area (Å²) in [4.78, 5) is 13.0. The van der Waals surface area contributed by atoms with E-state index in [0.717, 1.165) is 12.1 Å². The highest BCUT2D eigenvalue weighted by Gasteiger charge is 2.37. The van der Waals surface area contributed by atoms with Crippen molar-refractivity contribution >= 4 is 5.91 Å². The van der Waals surface area contributed by atoms with Crippen LogP contribution in [0.15, 0.2) is 18.2 Å². The van der Waals surface area contributed by atoms with Crippen LogP contribution in [0.25, 0.3) is 0 Å². The van der Waals surface area contributed by atoms with Gasteiger partial charge >= 0.3 is 6.18 Å². The number of primary amides is 1. The summed E-state index contributed by atoms with van der Waals surface area (Å²) in [6.45, 7) is 2.67. The number of nitrogens with zero attached hydrogens (tertiary/aromatic N) is 1. The third kappa shape index (κ3) is 3.53.